The maximum absolute atomic E-state index is 11.7. The standard InChI is InChI=1S/C13H16BrNO2/c1-4-17-13(16)12(9(2)3)15-11-7-5-6-10(14)8-11/h5-8,12,15H,2,4H2,1,3H3. The van der Waals surface area contributed by atoms with Crippen LogP contribution in [0.15, 0.2) is 40.9 Å². The maximum atomic E-state index is 11.7. The van der Waals surface area contributed by atoms with Crippen LogP contribution in [0.25, 0.3) is 0 Å². The first-order valence-corrected chi connectivity index (χ1v) is 6.18. The summed E-state index contributed by atoms with van der Waals surface area (Å²) in [5.41, 5.74) is 1.57. The summed E-state index contributed by atoms with van der Waals surface area (Å²) in [7, 11) is 0. The van der Waals surface area contributed by atoms with Gasteiger partial charge in [0.15, 0.2) is 0 Å². The van der Waals surface area contributed by atoms with E-state index in [1.807, 2.05) is 24.3 Å². The molecule has 4 heteroatoms. The minimum atomic E-state index is -0.510. The number of nitrogens with one attached hydrogen (secondary N) is 1. The predicted octanol–water partition coefficient (Wildman–Crippen LogP) is 3.37. The van der Waals surface area contributed by atoms with Gasteiger partial charge in [-0.15, -0.1) is 0 Å². The number of benzene rings is 1. The molecule has 0 saturated carbocycles. The Kier molecular flexibility index (Phi) is 5.22. The number of anilines is 1. The third kappa shape index (κ3) is 4.23. The molecule has 1 aromatic rings. The number of hydrogen-bond donors (Lipinski definition) is 1. The zero-order valence-corrected chi connectivity index (χ0v) is 11.6. The summed E-state index contributed by atoms with van der Waals surface area (Å²) < 4.78 is 5.94. The van der Waals surface area contributed by atoms with Crippen molar-refractivity contribution in [3.8, 4) is 0 Å². The van der Waals surface area contributed by atoms with Crippen molar-refractivity contribution in [2.75, 3.05) is 11.9 Å². The van der Waals surface area contributed by atoms with Crippen LogP contribution in [0.2, 0.25) is 0 Å². The summed E-state index contributed by atoms with van der Waals surface area (Å²) in [5.74, 6) is -0.306. The van der Waals surface area contributed by atoms with Crippen LogP contribution in [0.4, 0.5) is 5.69 Å². The molecule has 92 valence electrons. The van der Waals surface area contributed by atoms with E-state index in [2.05, 4.69) is 27.8 Å². The van der Waals surface area contributed by atoms with E-state index < -0.39 is 6.04 Å². The number of ether oxygens (including phenoxy) is 1. The fourth-order valence-electron chi connectivity index (χ4n) is 1.35. The molecular formula is C13H16BrNO2. The second kappa shape index (κ2) is 6.45. The number of esters is 1. The molecule has 0 saturated heterocycles. The van der Waals surface area contributed by atoms with Gasteiger partial charge in [-0.1, -0.05) is 28.6 Å². The van der Waals surface area contributed by atoms with Crippen molar-refractivity contribution in [2.45, 2.75) is 19.9 Å². The van der Waals surface area contributed by atoms with Crippen LogP contribution in [0.3, 0.4) is 0 Å². The SMILES string of the molecule is C=C(C)C(Nc1cccc(Br)c1)C(=O)OCC. The predicted molar refractivity (Wildman–Crippen MR) is 73.0 cm³/mol. The molecule has 0 aliphatic rings. The quantitative estimate of drug-likeness (QED) is 0.669. The van der Waals surface area contributed by atoms with Gasteiger partial charge in [0, 0.05) is 10.2 Å². The third-order valence-corrected chi connectivity index (χ3v) is 2.64. The van der Waals surface area contributed by atoms with E-state index in [1.54, 1.807) is 13.8 Å². The number of rotatable bonds is 5. The Balaban J connectivity index is 2.80. The number of carbonyl (C=O) groups excluding carboxylic acids is 1. The second-order valence-electron chi connectivity index (χ2n) is 3.69. The van der Waals surface area contributed by atoms with Crippen molar-refractivity contribution in [3.05, 3.63) is 40.9 Å². The van der Waals surface area contributed by atoms with Gasteiger partial charge < -0.3 is 10.1 Å². The van der Waals surface area contributed by atoms with E-state index in [4.69, 9.17) is 4.74 Å². The van der Waals surface area contributed by atoms with Crippen LogP contribution in [-0.2, 0) is 9.53 Å². The van der Waals surface area contributed by atoms with Gasteiger partial charge in [0.05, 0.1) is 6.61 Å². The lowest BCUT2D eigenvalue weighted by Gasteiger charge is -2.18. The Hall–Kier alpha value is -1.29. The molecule has 0 radical (unpaired) electrons. The van der Waals surface area contributed by atoms with Crippen molar-refractivity contribution in [1.82, 2.24) is 0 Å². The minimum absolute atomic E-state index is 0.306. The van der Waals surface area contributed by atoms with Crippen molar-refractivity contribution in [2.24, 2.45) is 0 Å². The van der Waals surface area contributed by atoms with Crippen LogP contribution < -0.4 is 5.32 Å². The van der Waals surface area contributed by atoms with E-state index in [9.17, 15) is 4.79 Å². The van der Waals surface area contributed by atoms with Gasteiger partial charge in [-0.3, -0.25) is 0 Å². The lowest BCUT2D eigenvalue weighted by atomic mass is 10.1. The fourth-order valence-corrected chi connectivity index (χ4v) is 1.75. The molecule has 17 heavy (non-hydrogen) atoms. The molecule has 1 aromatic carbocycles. The molecule has 0 fully saturated rings. The molecule has 1 atom stereocenters. The van der Waals surface area contributed by atoms with E-state index in [1.165, 1.54) is 0 Å². The average molecular weight is 298 g/mol. The Morgan fingerprint density at radius 1 is 1.59 bits per heavy atom. The molecule has 0 bridgehead atoms. The molecular weight excluding hydrogens is 282 g/mol. The summed E-state index contributed by atoms with van der Waals surface area (Å²) in [6, 6.07) is 7.09. The number of hydrogen-bond acceptors (Lipinski definition) is 3. The van der Waals surface area contributed by atoms with E-state index >= 15 is 0 Å². The zero-order valence-electron chi connectivity index (χ0n) is 10.00. The van der Waals surface area contributed by atoms with Gasteiger partial charge in [0.1, 0.15) is 6.04 Å². The summed E-state index contributed by atoms with van der Waals surface area (Å²) >= 11 is 3.38. The number of carbonyl (C=O) groups is 1. The van der Waals surface area contributed by atoms with Gasteiger partial charge in [-0.25, -0.2) is 4.79 Å². The van der Waals surface area contributed by atoms with Gasteiger partial charge in [-0.2, -0.15) is 0 Å². The molecule has 1 unspecified atom stereocenters. The second-order valence-corrected chi connectivity index (χ2v) is 4.60. The van der Waals surface area contributed by atoms with E-state index in [0.717, 1.165) is 15.7 Å². The fraction of sp³-hybridized carbons (Fsp3) is 0.308. The molecule has 1 rings (SSSR count). The van der Waals surface area contributed by atoms with Gasteiger partial charge in [-0.05, 0) is 37.6 Å². The monoisotopic (exact) mass is 297 g/mol. The first-order chi connectivity index (χ1) is 8.04. The number of halogens is 1. The highest BCUT2D eigenvalue weighted by molar-refractivity contribution is 9.10. The summed E-state index contributed by atoms with van der Waals surface area (Å²) in [5, 5.41) is 3.10. The molecule has 0 aromatic heterocycles. The van der Waals surface area contributed by atoms with Crippen LogP contribution in [0, 0.1) is 0 Å². The van der Waals surface area contributed by atoms with E-state index in [-0.39, 0.29) is 5.97 Å². The molecule has 0 amide bonds. The van der Waals surface area contributed by atoms with Gasteiger partial charge >= 0.3 is 5.97 Å². The molecule has 0 spiro atoms. The van der Waals surface area contributed by atoms with Crippen LogP contribution >= 0.6 is 15.9 Å². The maximum Gasteiger partial charge on any atom is 0.332 e. The Bertz CT molecular complexity index is 418. The highest BCUT2D eigenvalue weighted by Crippen LogP contribution is 2.18. The van der Waals surface area contributed by atoms with Crippen molar-refractivity contribution in [3.63, 3.8) is 0 Å². The smallest absolute Gasteiger partial charge is 0.332 e. The van der Waals surface area contributed by atoms with Gasteiger partial charge in [0.25, 0.3) is 0 Å². The highest BCUT2D eigenvalue weighted by atomic mass is 79.9. The molecule has 0 aliphatic heterocycles. The van der Waals surface area contributed by atoms with Crippen molar-refractivity contribution >= 4 is 27.6 Å². The lowest BCUT2D eigenvalue weighted by molar-refractivity contribution is -0.143. The Morgan fingerprint density at radius 3 is 2.82 bits per heavy atom. The highest BCUT2D eigenvalue weighted by Gasteiger charge is 2.20. The van der Waals surface area contributed by atoms with Crippen LogP contribution in [-0.4, -0.2) is 18.6 Å². The molecule has 0 aliphatic carbocycles. The first-order valence-electron chi connectivity index (χ1n) is 5.38. The van der Waals surface area contributed by atoms with Crippen molar-refractivity contribution < 1.29 is 9.53 Å². The largest absolute Gasteiger partial charge is 0.464 e. The molecule has 1 N–H and O–H groups in total. The molecule has 3 nitrogen and oxygen atoms in total. The Morgan fingerprint density at radius 2 is 2.29 bits per heavy atom. The Labute approximate surface area is 110 Å². The summed E-state index contributed by atoms with van der Waals surface area (Å²) in [6.45, 7) is 7.75. The van der Waals surface area contributed by atoms with Crippen LogP contribution in [0.5, 0.6) is 0 Å². The topological polar surface area (TPSA) is 38.3 Å². The van der Waals surface area contributed by atoms with E-state index in [0.29, 0.717) is 6.61 Å². The van der Waals surface area contributed by atoms with Crippen LogP contribution in [0.1, 0.15) is 13.8 Å². The minimum Gasteiger partial charge on any atom is -0.464 e. The molecule has 0 heterocycles. The zero-order chi connectivity index (χ0) is 12.8. The summed E-state index contributed by atoms with van der Waals surface area (Å²) in [4.78, 5) is 11.7. The summed E-state index contributed by atoms with van der Waals surface area (Å²) in [6.07, 6.45) is 0. The van der Waals surface area contributed by atoms with Crippen molar-refractivity contribution in [1.29, 1.82) is 0 Å². The third-order valence-electron chi connectivity index (χ3n) is 2.15. The van der Waals surface area contributed by atoms with Gasteiger partial charge in [0.2, 0.25) is 0 Å². The normalized spacial score (nSPS) is 11.7. The average Bonchev–Trinajstić information content (AvgIpc) is 2.26. The first kappa shape index (κ1) is 13.8. The lowest BCUT2D eigenvalue weighted by Crippen LogP contribution is -2.32.